The van der Waals surface area contributed by atoms with Crippen molar-refractivity contribution in [3.8, 4) is 0 Å². The minimum absolute atomic E-state index is 0.0770. The van der Waals surface area contributed by atoms with Crippen LogP contribution in [-0.4, -0.2) is 17.9 Å². The van der Waals surface area contributed by atoms with Gasteiger partial charge in [0, 0.05) is 17.3 Å². The standard InChI is InChI=1S/C19H20ClN3O2/c1-12(18(24)23-17-5-3-2-4-16(17)20)21-14-8-10-15(11-9-14)22-19(25)13-6-7-13/h2-5,8-13,21H,6-7H2,1H3,(H,22,25)(H,23,24)/t12-/m1/s1. The number of para-hydroxylation sites is 1. The second kappa shape index (κ2) is 7.57. The van der Waals surface area contributed by atoms with E-state index in [-0.39, 0.29) is 17.7 Å². The number of hydrogen-bond donors (Lipinski definition) is 3. The van der Waals surface area contributed by atoms with E-state index in [1.165, 1.54) is 0 Å². The number of carbonyl (C=O) groups excluding carboxylic acids is 2. The van der Waals surface area contributed by atoms with E-state index in [0.29, 0.717) is 10.7 Å². The molecule has 0 saturated heterocycles. The molecule has 0 spiro atoms. The molecule has 5 nitrogen and oxygen atoms in total. The summed E-state index contributed by atoms with van der Waals surface area (Å²) in [7, 11) is 0. The van der Waals surface area contributed by atoms with Gasteiger partial charge < -0.3 is 16.0 Å². The van der Waals surface area contributed by atoms with Gasteiger partial charge in [0.1, 0.15) is 6.04 Å². The molecule has 1 fully saturated rings. The third-order valence-electron chi connectivity index (χ3n) is 4.01. The highest BCUT2D eigenvalue weighted by Gasteiger charge is 2.29. The van der Waals surface area contributed by atoms with Gasteiger partial charge in [0.05, 0.1) is 10.7 Å². The Bertz CT molecular complexity index is 772. The zero-order chi connectivity index (χ0) is 17.8. The van der Waals surface area contributed by atoms with Gasteiger partial charge in [-0.3, -0.25) is 9.59 Å². The first-order valence-corrected chi connectivity index (χ1v) is 8.63. The summed E-state index contributed by atoms with van der Waals surface area (Å²) in [5.41, 5.74) is 2.14. The summed E-state index contributed by atoms with van der Waals surface area (Å²) in [5.74, 6) is 0.0683. The highest BCUT2D eigenvalue weighted by atomic mass is 35.5. The predicted octanol–water partition coefficient (Wildman–Crippen LogP) is 4.13. The molecule has 1 aliphatic carbocycles. The van der Waals surface area contributed by atoms with E-state index in [9.17, 15) is 9.59 Å². The van der Waals surface area contributed by atoms with E-state index >= 15 is 0 Å². The van der Waals surface area contributed by atoms with Gasteiger partial charge in [-0.25, -0.2) is 0 Å². The first-order chi connectivity index (χ1) is 12.0. The monoisotopic (exact) mass is 357 g/mol. The maximum atomic E-state index is 12.3. The normalized spacial score (nSPS) is 14.5. The largest absolute Gasteiger partial charge is 0.374 e. The number of benzene rings is 2. The highest BCUT2D eigenvalue weighted by molar-refractivity contribution is 6.33. The van der Waals surface area contributed by atoms with Crippen molar-refractivity contribution >= 4 is 40.5 Å². The minimum atomic E-state index is -0.442. The Labute approximate surface area is 151 Å². The van der Waals surface area contributed by atoms with Gasteiger partial charge in [-0.05, 0) is 56.2 Å². The molecule has 1 atom stereocenters. The molecule has 0 heterocycles. The fourth-order valence-electron chi connectivity index (χ4n) is 2.36. The van der Waals surface area contributed by atoms with Gasteiger partial charge in [0.2, 0.25) is 11.8 Å². The fraction of sp³-hybridized carbons (Fsp3) is 0.263. The molecule has 0 radical (unpaired) electrons. The number of anilines is 3. The summed E-state index contributed by atoms with van der Waals surface area (Å²) in [6, 6.07) is 14.0. The van der Waals surface area contributed by atoms with Crippen molar-refractivity contribution in [3.05, 3.63) is 53.6 Å². The van der Waals surface area contributed by atoms with Gasteiger partial charge in [-0.2, -0.15) is 0 Å². The van der Waals surface area contributed by atoms with E-state index in [0.717, 1.165) is 24.2 Å². The van der Waals surface area contributed by atoms with Gasteiger partial charge in [0.15, 0.2) is 0 Å². The molecule has 1 aliphatic rings. The number of halogens is 1. The highest BCUT2D eigenvalue weighted by Crippen LogP contribution is 2.30. The number of carbonyl (C=O) groups is 2. The van der Waals surface area contributed by atoms with Crippen molar-refractivity contribution in [2.45, 2.75) is 25.8 Å². The van der Waals surface area contributed by atoms with Crippen LogP contribution in [0.2, 0.25) is 5.02 Å². The lowest BCUT2D eigenvalue weighted by Gasteiger charge is -2.16. The molecule has 1 saturated carbocycles. The molecule has 2 amide bonds. The molecule has 25 heavy (non-hydrogen) atoms. The van der Waals surface area contributed by atoms with Crippen LogP contribution in [0.4, 0.5) is 17.1 Å². The predicted molar refractivity (Wildman–Crippen MR) is 101 cm³/mol. The van der Waals surface area contributed by atoms with E-state index < -0.39 is 6.04 Å². The van der Waals surface area contributed by atoms with Crippen molar-refractivity contribution < 1.29 is 9.59 Å². The Balaban J connectivity index is 1.54. The number of hydrogen-bond acceptors (Lipinski definition) is 3. The van der Waals surface area contributed by atoms with Crippen LogP contribution in [0.5, 0.6) is 0 Å². The molecule has 0 aliphatic heterocycles. The Hall–Kier alpha value is -2.53. The van der Waals surface area contributed by atoms with Crippen LogP contribution in [0.3, 0.4) is 0 Å². The van der Waals surface area contributed by atoms with Crippen molar-refractivity contribution in [2.24, 2.45) is 5.92 Å². The molecule has 0 unspecified atom stereocenters. The SMILES string of the molecule is C[C@@H](Nc1ccc(NC(=O)C2CC2)cc1)C(=O)Nc1ccccc1Cl. The van der Waals surface area contributed by atoms with Gasteiger partial charge in [-0.1, -0.05) is 23.7 Å². The lowest BCUT2D eigenvalue weighted by Crippen LogP contribution is -2.31. The maximum Gasteiger partial charge on any atom is 0.246 e. The van der Waals surface area contributed by atoms with E-state index in [1.807, 2.05) is 36.4 Å². The fourth-order valence-corrected chi connectivity index (χ4v) is 2.54. The molecule has 2 aromatic rings. The van der Waals surface area contributed by atoms with Gasteiger partial charge in [-0.15, -0.1) is 0 Å². The molecule has 130 valence electrons. The molecule has 3 N–H and O–H groups in total. The summed E-state index contributed by atoms with van der Waals surface area (Å²) in [5, 5.41) is 9.31. The van der Waals surface area contributed by atoms with Gasteiger partial charge in [0.25, 0.3) is 0 Å². The van der Waals surface area contributed by atoms with E-state index in [1.54, 1.807) is 19.1 Å². The molecule has 2 aromatic carbocycles. The summed E-state index contributed by atoms with van der Waals surface area (Å²) in [6.45, 7) is 1.77. The van der Waals surface area contributed by atoms with Crippen LogP contribution in [0.25, 0.3) is 0 Å². The third-order valence-corrected chi connectivity index (χ3v) is 4.34. The number of nitrogens with one attached hydrogen (secondary N) is 3. The molecular weight excluding hydrogens is 338 g/mol. The molecular formula is C19H20ClN3O2. The smallest absolute Gasteiger partial charge is 0.246 e. The summed E-state index contributed by atoms with van der Waals surface area (Å²) >= 11 is 6.05. The summed E-state index contributed by atoms with van der Waals surface area (Å²) in [6.07, 6.45) is 1.95. The summed E-state index contributed by atoms with van der Waals surface area (Å²) in [4.78, 5) is 24.0. The molecule has 6 heteroatoms. The maximum absolute atomic E-state index is 12.3. The number of amides is 2. The van der Waals surface area contributed by atoms with Crippen LogP contribution >= 0.6 is 11.6 Å². The van der Waals surface area contributed by atoms with E-state index in [2.05, 4.69) is 16.0 Å². The topological polar surface area (TPSA) is 70.2 Å². The summed E-state index contributed by atoms with van der Waals surface area (Å²) < 4.78 is 0. The van der Waals surface area contributed by atoms with Crippen molar-refractivity contribution in [1.29, 1.82) is 0 Å². The molecule has 0 aromatic heterocycles. The van der Waals surface area contributed by atoms with Gasteiger partial charge >= 0.3 is 0 Å². The Kier molecular flexibility index (Phi) is 5.24. The Morgan fingerprint density at radius 1 is 1.00 bits per heavy atom. The Morgan fingerprint density at radius 3 is 2.28 bits per heavy atom. The van der Waals surface area contributed by atoms with Crippen LogP contribution in [0.1, 0.15) is 19.8 Å². The first kappa shape index (κ1) is 17.3. The second-order valence-corrected chi connectivity index (χ2v) is 6.58. The second-order valence-electron chi connectivity index (χ2n) is 6.18. The Morgan fingerprint density at radius 2 is 1.64 bits per heavy atom. The quantitative estimate of drug-likeness (QED) is 0.728. The van der Waals surface area contributed by atoms with Crippen LogP contribution in [0.15, 0.2) is 48.5 Å². The molecule has 0 bridgehead atoms. The lowest BCUT2D eigenvalue weighted by molar-refractivity contribution is -0.117. The van der Waals surface area contributed by atoms with Crippen molar-refractivity contribution in [1.82, 2.24) is 0 Å². The minimum Gasteiger partial charge on any atom is -0.374 e. The molecule has 3 rings (SSSR count). The average molecular weight is 358 g/mol. The van der Waals surface area contributed by atoms with Crippen LogP contribution in [-0.2, 0) is 9.59 Å². The third kappa shape index (κ3) is 4.73. The van der Waals surface area contributed by atoms with Crippen molar-refractivity contribution in [2.75, 3.05) is 16.0 Å². The first-order valence-electron chi connectivity index (χ1n) is 8.26. The van der Waals surface area contributed by atoms with Crippen LogP contribution in [0, 0.1) is 5.92 Å². The van der Waals surface area contributed by atoms with Crippen molar-refractivity contribution in [3.63, 3.8) is 0 Å². The zero-order valence-electron chi connectivity index (χ0n) is 13.9. The lowest BCUT2D eigenvalue weighted by atomic mass is 10.2. The average Bonchev–Trinajstić information content (AvgIpc) is 3.43. The van der Waals surface area contributed by atoms with E-state index in [4.69, 9.17) is 11.6 Å². The zero-order valence-corrected chi connectivity index (χ0v) is 14.6. The number of rotatable bonds is 6. The van der Waals surface area contributed by atoms with Crippen LogP contribution < -0.4 is 16.0 Å².